The van der Waals surface area contributed by atoms with E-state index < -0.39 is 0 Å². The molecule has 0 bridgehead atoms. The molecule has 2 amide bonds. The Morgan fingerprint density at radius 1 is 1.27 bits per heavy atom. The van der Waals surface area contributed by atoms with Crippen molar-refractivity contribution in [2.24, 2.45) is 0 Å². The lowest BCUT2D eigenvalue weighted by Gasteiger charge is -2.12. The Balaban J connectivity index is 1.25. The molecule has 3 aromatic heterocycles. The zero-order valence-electron chi connectivity index (χ0n) is 16.3. The summed E-state index contributed by atoms with van der Waals surface area (Å²) in [5.41, 5.74) is 1.52. The molecule has 1 aliphatic carbocycles. The van der Waals surface area contributed by atoms with Crippen LogP contribution in [0.15, 0.2) is 46.5 Å². The van der Waals surface area contributed by atoms with Crippen molar-refractivity contribution in [1.82, 2.24) is 15.3 Å². The Bertz CT molecular complexity index is 996. The first-order chi connectivity index (χ1) is 14.7. The van der Waals surface area contributed by atoms with Crippen LogP contribution < -0.4 is 15.4 Å². The SMILES string of the molecule is O=C(Cc1csc(NC(=O)c2ccco2)n1)NCc1ccnc(OC2CCCC2)c1. The number of aromatic nitrogens is 2. The molecule has 1 aliphatic rings. The minimum absolute atomic E-state index is 0.129. The van der Waals surface area contributed by atoms with Gasteiger partial charge in [0.25, 0.3) is 5.91 Å². The Kier molecular flexibility index (Phi) is 6.38. The third-order valence-corrected chi connectivity index (χ3v) is 5.54. The summed E-state index contributed by atoms with van der Waals surface area (Å²) in [5.74, 6) is 0.279. The topological polar surface area (TPSA) is 106 Å². The molecule has 30 heavy (non-hydrogen) atoms. The third kappa shape index (κ3) is 5.44. The van der Waals surface area contributed by atoms with Crippen molar-refractivity contribution >= 4 is 28.3 Å². The molecular weight excluding hydrogens is 404 g/mol. The van der Waals surface area contributed by atoms with E-state index in [9.17, 15) is 9.59 Å². The summed E-state index contributed by atoms with van der Waals surface area (Å²) in [4.78, 5) is 32.8. The predicted octanol–water partition coefficient (Wildman–Crippen LogP) is 3.56. The molecule has 0 saturated heterocycles. The molecule has 0 spiro atoms. The van der Waals surface area contributed by atoms with E-state index in [-0.39, 0.29) is 30.1 Å². The van der Waals surface area contributed by atoms with E-state index >= 15 is 0 Å². The quantitative estimate of drug-likeness (QED) is 0.570. The number of amides is 2. The number of carbonyl (C=O) groups excluding carboxylic acids is 2. The summed E-state index contributed by atoms with van der Waals surface area (Å²) in [6, 6.07) is 6.93. The number of anilines is 1. The highest BCUT2D eigenvalue weighted by molar-refractivity contribution is 7.14. The van der Waals surface area contributed by atoms with Crippen molar-refractivity contribution in [3.8, 4) is 5.88 Å². The highest BCUT2D eigenvalue weighted by atomic mass is 32.1. The number of pyridine rings is 1. The maximum absolute atomic E-state index is 12.3. The van der Waals surface area contributed by atoms with E-state index in [1.54, 1.807) is 23.7 Å². The van der Waals surface area contributed by atoms with Crippen LogP contribution in [0.2, 0.25) is 0 Å². The minimum atomic E-state index is -0.376. The van der Waals surface area contributed by atoms with Crippen LogP contribution in [0.4, 0.5) is 5.13 Å². The molecule has 8 nitrogen and oxygen atoms in total. The molecule has 1 fully saturated rings. The van der Waals surface area contributed by atoms with Gasteiger partial charge in [0.1, 0.15) is 6.10 Å². The van der Waals surface area contributed by atoms with Crippen LogP contribution >= 0.6 is 11.3 Å². The first-order valence-corrected chi connectivity index (χ1v) is 10.7. The number of rotatable bonds is 8. The normalized spacial score (nSPS) is 13.9. The zero-order chi connectivity index (χ0) is 20.8. The summed E-state index contributed by atoms with van der Waals surface area (Å²) in [7, 11) is 0. The molecule has 0 unspecified atom stereocenters. The smallest absolute Gasteiger partial charge is 0.293 e. The predicted molar refractivity (Wildman–Crippen MR) is 111 cm³/mol. The van der Waals surface area contributed by atoms with Gasteiger partial charge in [-0.3, -0.25) is 14.9 Å². The number of ether oxygens (including phenoxy) is 1. The lowest BCUT2D eigenvalue weighted by atomic mass is 10.2. The molecule has 1 saturated carbocycles. The molecule has 0 aromatic carbocycles. The summed E-state index contributed by atoms with van der Waals surface area (Å²) in [6.07, 6.45) is 8.04. The van der Waals surface area contributed by atoms with Gasteiger partial charge < -0.3 is 14.5 Å². The second-order valence-corrected chi connectivity index (χ2v) is 7.91. The number of carbonyl (C=O) groups is 2. The van der Waals surface area contributed by atoms with Gasteiger partial charge in [-0.05, 0) is 49.4 Å². The standard InChI is InChI=1S/C21H22N4O4S/c26-18(11-15-13-30-21(24-15)25-20(27)17-6-3-9-28-17)23-12-14-7-8-22-19(10-14)29-16-4-1-2-5-16/h3,6-10,13,16H,1-2,4-5,11-12H2,(H,23,26)(H,24,25,27). The Morgan fingerprint density at radius 3 is 2.93 bits per heavy atom. The number of hydrogen-bond acceptors (Lipinski definition) is 7. The molecule has 0 atom stereocenters. The highest BCUT2D eigenvalue weighted by Crippen LogP contribution is 2.23. The Labute approximate surface area is 177 Å². The van der Waals surface area contributed by atoms with Crippen molar-refractivity contribution in [3.63, 3.8) is 0 Å². The fourth-order valence-electron chi connectivity index (χ4n) is 3.24. The summed E-state index contributed by atoms with van der Waals surface area (Å²) in [5, 5.41) is 7.70. The maximum atomic E-state index is 12.3. The van der Waals surface area contributed by atoms with Crippen molar-refractivity contribution in [2.45, 2.75) is 44.8 Å². The van der Waals surface area contributed by atoms with Gasteiger partial charge in [-0.25, -0.2) is 9.97 Å². The second-order valence-electron chi connectivity index (χ2n) is 7.06. The fourth-order valence-corrected chi connectivity index (χ4v) is 3.95. The van der Waals surface area contributed by atoms with Crippen molar-refractivity contribution in [2.75, 3.05) is 5.32 Å². The molecule has 3 aromatic rings. The van der Waals surface area contributed by atoms with E-state index in [4.69, 9.17) is 9.15 Å². The Morgan fingerprint density at radius 2 is 2.13 bits per heavy atom. The van der Waals surface area contributed by atoms with E-state index in [1.165, 1.54) is 30.4 Å². The van der Waals surface area contributed by atoms with E-state index in [0.717, 1.165) is 18.4 Å². The van der Waals surface area contributed by atoms with Crippen molar-refractivity contribution in [1.29, 1.82) is 0 Å². The second kappa shape index (κ2) is 9.53. The molecule has 156 valence electrons. The van der Waals surface area contributed by atoms with Gasteiger partial charge >= 0.3 is 0 Å². The number of thiazole rings is 1. The molecule has 4 rings (SSSR count). The van der Waals surface area contributed by atoms with Gasteiger partial charge in [0.05, 0.1) is 18.4 Å². The first-order valence-electron chi connectivity index (χ1n) is 9.83. The van der Waals surface area contributed by atoms with Gasteiger partial charge in [-0.1, -0.05) is 0 Å². The van der Waals surface area contributed by atoms with Crippen LogP contribution in [0.3, 0.4) is 0 Å². The van der Waals surface area contributed by atoms with Gasteiger partial charge in [0.15, 0.2) is 10.9 Å². The summed E-state index contributed by atoms with van der Waals surface area (Å²) < 4.78 is 11.0. The number of nitrogens with zero attached hydrogens (tertiary/aromatic N) is 2. The van der Waals surface area contributed by atoms with E-state index in [2.05, 4.69) is 20.6 Å². The number of hydrogen-bond donors (Lipinski definition) is 2. The zero-order valence-corrected chi connectivity index (χ0v) is 17.1. The van der Waals surface area contributed by atoms with Crippen LogP contribution in [-0.4, -0.2) is 27.9 Å². The van der Waals surface area contributed by atoms with E-state index in [0.29, 0.717) is 23.3 Å². The van der Waals surface area contributed by atoms with Crippen molar-refractivity contribution in [3.05, 3.63) is 59.1 Å². The minimum Gasteiger partial charge on any atom is -0.474 e. The largest absolute Gasteiger partial charge is 0.474 e. The number of furan rings is 1. The number of nitrogens with one attached hydrogen (secondary N) is 2. The fraction of sp³-hybridized carbons (Fsp3) is 0.333. The maximum Gasteiger partial charge on any atom is 0.293 e. The van der Waals surface area contributed by atoms with Gasteiger partial charge in [0, 0.05) is 24.2 Å². The average Bonchev–Trinajstić information content (AvgIpc) is 3.50. The summed E-state index contributed by atoms with van der Waals surface area (Å²) >= 11 is 1.26. The molecule has 9 heteroatoms. The third-order valence-electron chi connectivity index (χ3n) is 4.74. The van der Waals surface area contributed by atoms with Gasteiger partial charge in [0.2, 0.25) is 11.8 Å². The van der Waals surface area contributed by atoms with E-state index in [1.807, 2.05) is 12.1 Å². The summed E-state index contributed by atoms with van der Waals surface area (Å²) in [6.45, 7) is 0.384. The van der Waals surface area contributed by atoms with Crippen molar-refractivity contribution < 1.29 is 18.7 Å². The lowest BCUT2D eigenvalue weighted by Crippen LogP contribution is -2.24. The van der Waals surface area contributed by atoms with Gasteiger partial charge in [-0.15, -0.1) is 11.3 Å². The highest BCUT2D eigenvalue weighted by Gasteiger charge is 2.17. The first kappa shape index (κ1) is 20.1. The molecule has 2 N–H and O–H groups in total. The lowest BCUT2D eigenvalue weighted by molar-refractivity contribution is -0.120. The van der Waals surface area contributed by atoms with Crippen LogP contribution in [0.25, 0.3) is 0 Å². The molecule has 3 heterocycles. The Hall–Kier alpha value is -3.20. The molecule has 0 aliphatic heterocycles. The molecular formula is C21H22N4O4S. The van der Waals surface area contributed by atoms with Crippen LogP contribution in [0.1, 0.15) is 47.5 Å². The van der Waals surface area contributed by atoms with Crippen LogP contribution in [-0.2, 0) is 17.8 Å². The molecule has 0 radical (unpaired) electrons. The van der Waals surface area contributed by atoms with Crippen LogP contribution in [0, 0.1) is 0 Å². The van der Waals surface area contributed by atoms with Crippen LogP contribution in [0.5, 0.6) is 5.88 Å². The monoisotopic (exact) mass is 426 g/mol. The average molecular weight is 426 g/mol. The van der Waals surface area contributed by atoms with Gasteiger partial charge in [-0.2, -0.15) is 0 Å².